The van der Waals surface area contributed by atoms with Crippen molar-refractivity contribution < 1.29 is 14.3 Å². The molecule has 7 heteroatoms. The van der Waals surface area contributed by atoms with Gasteiger partial charge in [-0.05, 0) is 42.3 Å². The molecule has 1 aliphatic heterocycles. The molecule has 0 atom stereocenters. The zero-order chi connectivity index (χ0) is 19.3. The molecule has 28 heavy (non-hydrogen) atoms. The molecule has 1 aromatic heterocycles. The van der Waals surface area contributed by atoms with Crippen molar-refractivity contribution >= 4 is 45.1 Å². The normalized spacial score (nSPS) is 13.2. The molecule has 0 aliphatic carbocycles. The van der Waals surface area contributed by atoms with Gasteiger partial charge in [-0.3, -0.25) is 4.79 Å². The molecule has 2 heterocycles. The largest absolute Gasteiger partial charge is 0.486 e. The van der Waals surface area contributed by atoms with Crippen molar-refractivity contribution in [1.82, 2.24) is 10.3 Å². The number of aromatic nitrogens is 1. The molecule has 3 aromatic rings. The van der Waals surface area contributed by atoms with Gasteiger partial charge in [-0.2, -0.15) is 0 Å². The number of aryl methyl sites for hydroxylation is 1. The molecule has 1 N–H and O–H groups in total. The summed E-state index contributed by atoms with van der Waals surface area (Å²) in [4.78, 5) is 16.6. The summed E-state index contributed by atoms with van der Waals surface area (Å²) in [7, 11) is 0. The summed E-state index contributed by atoms with van der Waals surface area (Å²) in [6.07, 6.45) is 4.91. The second kappa shape index (κ2) is 8.63. The minimum Gasteiger partial charge on any atom is -0.486 e. The first-order chi connectivity index (χ1) is 13.7. The van der Waals surface area contributed by atoms with Crippen LogP contribution >= 0.6 is 22.9 Å². The van der Waals surface area contributed by atoms with Crippen LogP contribution in [0.5, 0.6) is 11.5 Å². The number of carbonyl (C=O) groups is 1. The predicted octanol–water partition coefficient (Wildman–Crippen LogP) is 4.48. The number of halogens is 1. The van der Waals surface area contributed by atoms with E-state index < -0.39 is 0 Å². The van der Waals surface area contributed by atoms with Crippen LogP contribution < -0.4 is 14.8 Å². The number of hydrogen-bond acceptors (Lipinski definition) is 5. The highest BCUT2D eigenvalue weighted by Crippen LogP contribution is 2.38. The van der Waals surface area contributed by atoms with Crippen molar-refractivity contribution in [2.45, 2.75) is 12.8 Å². The zero-order valence-corrected chi connectivity index (χ0v) is 16.7. The van der Waals surface area contributed by atoms with Gasteiger partial charge in [-0.25, -0.2) is 4.98 Å². The Morgan fingerprint density at radius 1 is 1.25 bits per heavy atom. The number of nitrogens with one attached hydrogen (secondary N) is 1. The van der Waals surface area contributed by atoms with E-state index in [1.807, 2.05) is 24.3 Å². The van der Waals surface area contributed by atoms with Crippen molar-refractivity contribution in [1.29, 1.82) is 0 Å². The van der Waals surface area contributed by atoms with Crippen LogP contribution in [-0.4, -0.2) is 30.6 Å². The molecule has 5 nitrogen and oxygen atoms in total. The van der Waals surface area contributed by atoms with Gasteiger partial charge >= 0.3 is 0 Å². The zero-order valence-electron chi connectivity index (χ0n) is 15.1. The molecule has 0 fully saturated rings. The topological polar surface area (TPSA) is 60.5 Å². The SMILES string of the molecule is O=C(C=Cc1cc(Cl)c2c(c1)OCCO2)NCCCc1nc2ccccc2s1. The number of hydrogen-bond donors (Lipinski definition) is 1. The highest BCUT2D eigenvalue weighted by molar-refractivity contribution is 7.18. The molecule has 0 unspecified atom stereocenters. The van der Waals surface area contributed by atoms with E-state index >= 15 is 0 Å². The lowest BCUT2D eigenvalue weighted by atomic mass is 10.1. The van der Waals surface area contributed by atoms with E-state index in [1.54, 1.807) is 23.5 Å². The van der Waals surface area contributed by atoms with Crippen LogP contribution in [0.25, 0.3) is 16.3 Å². The third-order valence-corrected chi connectivity index (χ3v) is 5.63. The van der Waals surface area contributed by atoms with Gasteiger partial charge in [0.1, 0.15) is 13.2 Å². The van der Waals surface area contributed by atoms with Crippen molar-refractivity contribution in [3.8, 4) is 11.5 Å². The summed E-state index contributed by atoms with van der Waals surface area (Å²) in [6.45, 7) is 1.58. The average molecular weight is 415 g/mol. The lowest BCUT2D eigenvalue weighted by Crippen LogP contribution is -2.22. The molecule has 144 valence electrons. The van der Waals surface area contributed by atoms with Crippen molar-refractivity contribution in [2.75, 3.05) is 19.8 Å². The quantitative estimate of drug-likeness (QED) is 0.477. The van der Waals surface area contributed by atoms with E-state index in [1.165, 1.54) is 10.8 Å². The first kappa shape index (κ1) is 18.8. The molecular formula is C21H19ClN2O3S. The summed E-state index contributed by atoms with van der Waals surface area (Å²) < 4.78 is 12.2. The predicted molar refractivity (Wildman–Crippen MR) is 112 cm³/mol. The fraction of sp³-hybridized carbons (Fsp3) is 0.238. The summed E-state index contributed by atoms with van der Waals surface area (Å²) in [5.41, 5.74) is 1.83. The number of ether oxygens (including phenoxy) is 2. The van der Waals surface area contributed by atoms with E-state index in [2.05, 4.69) is 16.4 Å². The fourth-order valence-corrected chi connectivity index (χ4v) is 4.22. The molecule has 0 spiro atoms. The van der Waals surface area contributed by atoms with Crippen LogP contribution in [0.1, 0.15) is 17.0 Å². The lowest BCUT2D eigenvalue weighted by molar-refractivity contribution is -0.116. The Kier molecular flexibility index (Phi) is 5.78. The molecule has 0 saturated heterocycles. The minimum absolute atomic E-state index is 0.143. The maximum Gasteiger partial charge on any atom is 0.243 e. The molecule has 0 radical (unpaired) electrons. The Labute approximate surface area is 171 Å². The summed E-state index contributed by atoms with van der Waals surface area (Å²) >= 11 is 7.91. The van der Waals surface area contributed by atoms with Gasteiger partial charge in [0.15, 0.2) is 11.5 Å². The number of para-hydroxylation sites is 1. The van der Waals surface area contributed by atoms with Gasteiger partial charge in [-0.1, -0.05) is 23.7 Å². The minimum atomic E-state index is -0.143. The van der Waals surface area contributed by atoms with E-state index in [0.29, 0.717) is 36.3 Å². The van der Waals surface area contributed by atoms with Crippen LogP contribution in [-0.2, 0) is 11.2 Å². The van der Waals surface area contributed by atoms with Gasteiger partial charge in [0.2, 0.25) is 5.91 Å². The third kappa shape index (κ3) is 4.46. The Hall–Kier alpha value is -2.57. The molecule has 1 aliphatic rings. The highest BCUT2D eigenvalue weighted by atomic mass is 35.5. The standard InChI is InChI=1S/C21H19ClN2O3S/c22-15-12-14(13-17-21(15)27-11-10-26-17)7-8-19(25)23-9-3-6-20-24-16-4-1-2-5-18(16)28-20/h1-2,4-5,7-8,12-13H,3,6,9-11H2,(H,23,25). The number of thiazole rings is 1. The smallest absolute Gasteiger partial charge is 0.243 e. The van der Waals surface area contributed by atoms with Crippen molar-refractivity contribution in [2.24, 2.45) is 0 Å². The number of carbonyl (C=O) groups excluding carboxylic acids is 1. The van der Waals surface area contributed by atoms with Crippen LogP contribution in [0.15, 0.2) is 42.5 Å². The van der Waals surface area contributed by atoms with E-state index in [4.69, 9.17) is 21.1 Å². The Morgan fingerprint density at radius 3 is 3.00 bits per heavy atom. The van der Waals surface area contributed by atoms with Gasteiger partial charge in [0.05, 0.1) is 20.2 Å². The summed E-state index contributed by atoms with van der Waals surface area (Å²) in [6, 6.07) is 11.7. The monoisotopic (exact) mass is 414 g/mol. The Bertz CT molecular complexity index is 999. The van der Waals surface area contributed by atoms with Gasteiger partial charge in [0, 0.05) is 19.0 Å². The van der Waals surface area contributed by atoms with Gasteiger partial charge in [0.25, 0.3) is 0 Å². The first-order valence-electron chi connectivity index (χ1n) is 9.08. The highest BCUT2D eigenvalue weighted by Gasteiger charge is 2.15. The Balaban J connectivity index is 1.27. The van der Waals surface area contributed by atoms with E-state index in [-0.39, 0.29) is 5.91 Å². The number of benzene rings is 2. The van der Waals surface area contributed by atoms with Crippen molar-refractivity contribution in [3.05, 3.63) is 58.1 Å². The second-order valence-corrected chi connectivity index (χ2v) is 7.85. The number of rotatable bonds is 6. The molecule has 2 aromatic carbocycles. The molecular weight excluding hydrogens is 396 g/mol. The maximum atomic E-state index is 12.0. The number of fused-ring (bicyclic) bond motifs is 2. The average Bonchev–Trinajstić information content (AvgIpc) is 3.13. The van der Waals surface area contributed by atoms with Crippen LogP contribution in [0.2, 0.25) is 5.02 Å². The van der Waals surface area contributed by atoms with Crippen molar-refractivity contribution in [3.63, 3.8) is 0 Å². The van der Waals surface area contributed by atoms with Crippen LogP contribution in [0.4, 0.5) is 0 Å². The van der Waals surface area contributed by atoms with E-state index in [0.717, 1.165) is 28.9 Å². The van der Waals surface area contributed by atoms with Crippen LogP contribution in [0, 0.1) is 0 Å². The van der Waals surface area contributed by atoms with Gasteiger partial charge < -0.3 is 14.8 Å². The first-order valence-corrected chi connectivity index (χ1v) is 10.3. The molecule has 0 saturated carbocycles. The third-order valence-electron chi connectivity index (χ3n) is 4.25. The molecule has 4 rings (SSSR count). The van der Waals surface area contributed by atoms with Gasteiger partial charge in [-0.15, -0.1) is 11.3 Å². The summed E-state index contributed by atoms with van der Waals surface area (Å²) in [5.74, 6) is 1.02. The molecule has 1 amide bonds. The number of nitrogens with zero attached hydrogens (tertiary/aromatic N) is 1. The van der Waals surface area contributed by atoms with Crippen LogP contribution in [0.3, 0.4) is 0 Å². The maximum absolute atomic E-state index is 12.0. The Morgan fingerprint density at radius 2 is 2.11 bits per heavy atom. The van der Waals surface area contributed by atoms with E-state index in [9.17, 15) is 4.79 Å². The fourth-order valence-electron chi connectivity index (χ4n) is 2.94. The number of amides is 1. The lowest BCUT2D eigenvalue weighted by Gasteiger charge is -2.19. The summed E-state index contributed by atoms with van der Waals surface area (Å²) in [5, 5.41) is 4.47. The second-order valence-electron chi connectivity index (χ2n) is 6.33. The molecule has 0 bridgehead atoms.